The van der Waals surface area contributed by atoms with Crippen molar-refractivity contribution in [1.29, 1.82) is 0 Å². The summed E-state index contributed by atoms with van der Waals surface area (Å²) < 4.78 is 5.79. The van der Waals surface area contributed by atoms with Crippen LogP contribution in [0.4, 0.5) is 5.69 Å². The van der Waals surface area contributed by atoms with Crippen molar-refractivity contribution in [3.8, 4) is 0 Å². The van der Waals surface area contributed by atoms with E-state index in [0.717, 1.165) is 12.1 Å². The molecule has 1 aromatic carbocycles. The lowest BCUT2D eigenvalue weighted by Crippen LogP contribution is -2.38. The number of esters is 1. The van der Waals surface area contributed by atoms with Crippen LogP contribution in [0.15, 0.2) is 30.3 Å². The molecule has 0 aromatic heterocycles. The fourth-order valence-electron chi connectivity index (χ4n) is 3.24. The summed E-state index contributed by atoms with van der Waals surface area (Å²) in [6.45, 7) is 15.9. The van der Waals surface area contributed by atoms with Crippen molar-refractivity contribution in [3.63, 3.8) is 0 Å². The highest BCUT2D eigenvalue weighted by atomic mass is 16.5. The maximum atomic E-state index is 12.1. The van der Waals surface area contributed by atoms with Crippen LogP contribution in [-0.4, -0.2) is 18.6 Å². The molecule has 1 fully saturated rings. The molecular formula is C21H35NO2. The summed E-state index contributed by atoms with van der Waals surface area (Å²) in [5.74, 6) is 0.453. The molecule has 136 valence electrons. The number of rotatable bonds is 5. The van der Waals surface area contributed by atoms with Crippen LogP contribution in [0.5, 0.6) is 0 Å². The molecule has 2 unspecified atom stereocenters. The van der Waals surface area contributed by atoms with Crippen molar-refractivity contribution >= 4 is 11.7 Å². The van der Waals surface area contributed by atoms with Gasteiger partial charge < -0.3 is 10.1 Å². The van der Waals surface area contributed by atoms with E-state index in [4.69, 9.17) is 4.74 Å². The molecule has 0 heterocycles. The van der Waals surface area contributed by atoms with Gasteiger partial charge in [0.25, 0.3) is 0 Å². The Hall–Kier alpha value is -1.51. The Kier molecular flexibility index (Phi) is 7.31. The summed E-state index contributed by atoms with van der Waals surface area (Å²) in [4.78, 5) is 12.1. The van der Waals surface area contributed by atoms with Gasteiger partial charge in [0, 0.05) is 17.6 Å². The van der Waals surface area contributed by atoms with Gasteiger partial charge in [-0.2, -0.15) is 0 Å². The number of hydrogen-bond donors (Lipinski definition) is 1. The normalized spacial score (nSPS) is 23.8. The molecule has 3 nitrogen and oxygen atoms in total. The zero-order valence-electron chi connectivity index (χ0n) is 16.5. The molecule has 2 rings (SSSR count). The van der Waals surface area contributed by atoms with Crippen molar-refractivity contribution in [3.05, 3.63) is 30.3 Å². The Labute approximate surface area is 148 Å². The topological polar surface area (TPSA) is 38.3 Å². The van der Waals surface area contributed by atoms with Crippen LogP contribution in [0.3, 0.4) is 0 Å². The van der Waals surface area contributed by atoms with E-state index in [-0.39, 0.29) is 22.9 Å². The number of carbonyl (C=O) groups excluding carboxylic acids is 1. The second-order valence-corrected chi connectivity index (χ2v) is 7.60. The van der Waals surface area contributed by atoms with E-state index in [0.29, 0.717) is 18.9 Å². The second-order valence-electron chi connectivity index (χ2n) is 7.60. The van der Waals surface area contributed by atoms with E-state index in [1.807, 2.05) is 44.2 Å². The maximum Gasteiger partial charge on any atom is 0.307 e. The molecule has 1 saturated carbocycles. The molecule has 0 spiro atoms. The molecule has 24 heavy (non-hydrogen) atoms. The van der Waals surface area contributed by atoms with Gasteiger partial charge in [0.15, 0.2) is 0 Å². The number of para-hydroxylation sites is 1. The van der Waals surface area contributed by atoms with Gasteiger partial charge >= 0.3 is 5.97 Å². The van der Waals surface area contributed by atoms with Crippen LogP contribution in [0.25, 0.3) is 0 Å². The summed E-state index contributed by atoms with van der Waals surface area (Å²) in [5.41, 5.74) is 1.22. The Morgan fingerprint density at radius 1 is 1.12 bits per heavy atom. The van der Waals surface area contributed by atoms with Crippen molar-refractivity contribution in [2.24, 2.45) is 16.7 Å². The molecule has 0 amide bonds. The number of nitrogens with one attached hydrogen (secondary N) is 1. The van der Waals surface area contributed by atoms with E-state index < -0.39 is 0 Å². The Morgan fingerprint density at radius 2 is 1.71 bits per heavy atom. The summed E-state index contributed by atoms with van der Waals surface area (Å²) in [6, 6.07) is 9.92. The lowest BCUT2D eigenvalue weighted by atomic mass is 9.67. The fraction of sp³-hybridized carbons (Fsp3) is 0.667. The van der Waals surface area contributed by atoms with Gasteiger partial charge in [-0.1, -0.05) is 66.7 Å². The van der Waals surface area contributed by atoms with Gasteiger partial charge in [0.05, 0.1) is 6.42 Å². The van der Waals surface area contributed by atoms with Crippen LogP contribution in [-0.2, 0) is 9.53 Å². The van der Waals surface area contributed by atoms with Crippen molar-refractivity contribution in [1.82, 2.24) is 0 Å². The number of hydrogen-bond acceptors (Lipinski definition) is 3. The van der Waals surface area contributed by atoms with E-state index in [2.05, 4.69) is 39.9 Å². The van der Waals surface area contributed by atoms with E-state index in [1.165, 1.54) is 0 Å². The molecule has 1 aliphatic carbocycles. The molecule has 1 aliphatic rings. The highest BCUT2D eigenvalue weighted by Gasteiger charge is 2.54. The minimum atomic E-state index is -0.105. The number of ether oxygens (including phenoxy) is 1. The predicted molar refractivity (Wildman–Crippen MR) is 102 cm³/mol. The summed E-state index contributed by atoms with van der Waals surface area (Å²) in [6.07, 6.45) is 1.37. The average Bonchev–Trinajstić information content (AvgIpc) is 2.70. The summed E-state index contributed by atoms with van der Waals surface area (Å²) in [7, 11) is 0. The SMILES string of the molecule is CC.CC1CC(OC(=O)CCNc2ccccc2)C(C)(C)C1(C)C. The van der Waals surface area contributed by atoms with Crippen molar-refractivity contribution in [2.45, 2.75) is 67.4 Å². The minimum Gasteiger partial charge on any atom is -0.462 e. The first kappa shape index (κ1) is 20.5. The minimum absolute atomic E-state index is 0.00886. The highest BCUT2D eigenvalue weighted by Crippen LogP contribution is 2.56. The van der Waals surface area contributed by atoms with Gasteiger partial charge in [0.1, 0.15) is 6.10 Å². The van der Waals surface area contributed by atoms with E-state index in [1.54, 1.807) is 0 Å². The lowest BCUT2D eigenvalue weighted by Gasteiger charge is -2.40. The Bertz CT molecular complexity index is 508. The van der Waals surface area contributed by atoms with Crippen LogP contribution >= 0.6 is 0 Å². The van der Waals surface area contributed by atoms with Gasteiger partial charge in [-0.25, -0.2) is 0 Å². The van der Waals surface area contributed by atoms with E-state index >= 15 is 0 Å². The predicted octanol–water partition coefficient (Wildman–Crippen LogP) is 5.52. The fourth-order valence-corrected chi connectivity index (χ4v) is 3.24. The third-order valence-electron chi connectivity index (χ3n) is 5.97. The molecule has 2 atom stereocenters. The zero-order valence-corrected chi connectivity index (χ0v) is 16.5. The molecule has 0 radical (unpaired) electrons. The second kappa shape index (κ2) is 8.55. The Balaban J connectivity index is 0.00000139. The zero-order chi connectivity index (χ0) is 18.4. The first-order valence-corrected chi connectivity index (χ1v) is 9.23. The maximum absolute atomic E-state index is 12.1. The highest BCUT2D eigenvalue weighted by molar-refractivity contribution is 5.70. The number of carbonyl (C=O) groups is 1. The van der Waals surface area contributed by atoms with Crippen LogP contribution < -0.4 is 5.32 Å². The number of anilines is 1. The molecule has 0 saturated heterocycles. The van der Waals surface area contributed by atoms with Crippen LogP contribution in [0, 0.1) is 16.7 Å². The van der Waals surface area contributed by atoms with Crippen molar-refractivity contribution in [2.75, 3.05) is 11.9 Å². The van der Waals surface area contributed by atoms with Crippen molar-refractivity contribution < 1.29 is 9.53 Å². The largest absolute Gasteiger partial charge is 0.462 e. The van der Waals surface area contributed by atoms with E-state index in [9.17, 15) is 4.79 Å². The molecule has 0 bridgehead atoms. The molecule has 3 heteroatoms. The third-order valence-corrected chi connectivity index (χ3v) is 5.97. The van der Waals surface area contributed by atoms with Gasteiger partial charge in [0.2, 0.25) is 0 Å². The molecule has 1 N–H and O–H groups in total. The number of benzene rings is 1. The van der Waals surface area contributed by atoms with Crippen LogP contribution in [0.1, 0.15) is 61.3 Å². The molecular weight excluding hydrogens is 298 g/mol. The first-order chi connectivity index (χ1) is 11.2. The smallest absolute Gasteiger partial charge is 0.307 e. The summed E-state index contributed by atoms with van der Waals surface area (Å²) in [5, 5.41) is 3.25. The average molecular weight is 334 g/mol. The molecule has 0 aliphatic heterocycles. The monoisotopic (exact) mass is 333 g/mol. The summed E-state index contributed by atoms with van der Waals surface area (Å²) >= 11 is 0. The van der Waals surface area contributed by atoms with Gasteiger partial charge in [-0.3, -0.25) is 4.79 Å². The van der Waals surface area contributed by atoms with Crippen LogP contribution in [0.2, 0.25) is 0 Å². The Morgan fingerprint density at radius 3 is 2.21 bits per heavy atom. The third kappa shape index (κ3) is 4.52. The van der Waals surface area contributed by atoms with Gasteiger partial charge in [-0.15, -0.1) is 0 Å². The molecule has 1 aromatic rings. The lowest BCUT2D eigenvalue weighted by molar-refractivity contribution is -0.155. The standard InChI is InChI=1S/C19H29NO2.C2H6/c1-14-13-16(19(4,5)18(14,2)3)22-17(21)11-12-20-15-9-7-6-8-10-15;1-2/h6-10,14,16,20H,11-13H2,1-5H3;1-2H3. The first-order valence-electron chi connectivity index (χ1n) is 9.23. The van der Waals surface area contributed by atoms with Gasteiger partial charge in [-0.05, 0) is 29.9 Å². The quantitative estimate of drug-likeness (QED) is 0.721.